The second-order valence-electron chi connectivity index (χ2n) is 18.4. The fourth-order valence-electron chi connectivity index (χ4n) is 10.7. The number of nitrogens with zero attached hydrogens (tertiary/aromatic N) is 4. The van der Waals surface area contributed by atoms with Gasteiger partial charge in [0.05, 0.1) is 27.5 Å². The minimum atomic E-state index is 1.02. The molecule has 0 aliphatic carbocycles. The van der Waals surface area contributed by atoms with Crippen LogP contribution in [0, 0.1) is 20.8 Å². The van der Waals surface area contributed by atoms with Crippen molar-refractivity contribution in [2.75, 3.05) is 0 Å². The predicted molar refractivity (Wildman–Crippen MR) is 362 cm³/mol. The van der Waals surface area contributed by atoms with E-state index in [1.807, 2.05) is 101 Å². The number of hydrogen-bond donors (Lipinski definition) is 0. The average Bonchev–Trinajstić information content (AvgIpc) is 3.67. The second kappa shape index (κ2) is 32.0. The van der Waals surface area contributed by atoms with Crippen LogP contribution in [-0.4, -0.2) is 4.98 Å². The van der Waals surface area contributed by atoms with E-state index in [-0.39, 0.29) is 0 Å². The highest BCUT2D eigenvalue weighted by Crippen LogP contribution is 2.40. The van der Waals surface area contributed by atoms with Crippen molar-refractivity contribution in [3.8, 4) is 33.8 Å². The molecule has 0 unspecified atom stereocenters. The van der Waals surface area contributed by atoms with E-state index in [4.69, 9.17) is 0 Å². The Balaban J connectivity index is 0.000000207. The molecule has 0 spiro atoms. The molecule has 82 heavy (non-hydrogen) atoms. The SMILES string of the molecule is CC.CC.CC.CC.CC.CC.Cc1c(-c2c3ccccc3cc[n+]2C)c2ccccc2c2ccccc12.Cc1c(-c2cnc3ccccc3[n+]2C)ccc2ccccc12.Cc1ccc2ccccc2c1-c1c2ccccc2cc[n+]1C. The van der Waals surface area contributed by atoms with Crippen molar-refractivity contribution in [1.29, 1.82) is 0 Å². The van der Waals surface area contributed by atoms with Crippen LogP contribution in [0.4, 0.5) is 0 Å². The van der Waals surface area contributed by atoms with Gasteiger partial charge in [-0.15, -0.1) is 0 Å². The fraction of sp³-hybridized carbons (Fsp3) is 0.231. The lowest BCUT2D eigenvalue weighted by Crippen LogP contribution is -2.32. The monoisotopic (exact) mass is 1080 g/mol. The van der Waals surface area contributed by atoms with Crippen molar-refractivity contribution >= 4 is 75.7 Å². The van der Waals surface area contributed by atoms with Crippen LogP contribution in [0.1, 0.15) is 99.8 Å². The Morgan fingerprint density at radius 3 is 1.22 bits per heavy atom. The molecule has 13 aromatic rings. The molecule has 0 N–H and O–H groups in total. The summed E-state index contributed by atoms with van der Waals surface area (Å²) in [5.41, 5.74) is 13.7. The summed E-state index contributed by atoms with van der Waals surface area (Å²) in [6.45, 7) is 30.6. The lowest BCUT2D eigenvalue weighted by molar-refractivity contribution is -0.659. The van der Waals surface area contributed by atoms with Crippen LogP contribution in [0.3, 0.4) is 0 Å². The molecule has 3 aromatic heterocycles. The van der Waals surface area contributed by atoms with Gasteiger partial charge in [-0.25, -0.2) is 14.1 Å². The Labute approximate surface area is 492 Å². The largest absolute Gasteiger partial charge is 0.243 e. The van der Waals surface area contributed by atoms with Crippen molar-refractivity contribution in [1.82, 2.24) is 4.98 Å². The molecule has 0 radical (unpaired) electrons. The van der Waals surface area contributed by atoms with Crippen molar-refractivity contribution < 1.29 is 13.7 Å². The van der Waals surface area contributed by atoms with Gasteiger partial charge in [0.25, 0.3) is 0 Å². The minimum Gasteiger partial charge on any atom is -0.243 e. The Bertz CT molecular complexity index is 3990. The highest BCUT2D eigenvalue weighted by Gasteiger charge is 2.23. The molecule has 13 rings (SSSR count). The first kappa shape index (κ1) is 64.2. The molecule has 0 saturated carbocycles. The first-order chi connectivity index (χ1) is 40.3. The molecule has 4 nitrogen and oxygen atoms in total. The van der Waals surface area contributed by atoms with E-state index in [1.165, 1.54) is 109 Å². The average molecular weight is 1080 g/mol. The van der Waals surface area contributed by atoms with Crippen molar-refractivity contribution in [3.63, 3.8) is 0 Å². The Hall–Kier alpha value is -8.60. The summed E-state index contributed by atoms with van der Waals surface area (Å²) in [6.07, 6.45) is 6.29. The van der Waals surface area contributed by atoms with E-state index in [2.05, 4.69) is 267 Å². The third kappa shape index (κ3) is 13.6. The van der Waals surface area contributed by atoms with Gasteiger partial charge in [-0.1, -0.05) is 247 Å². The summed E-state index contributed by atoms with van der Waals surface area (Å²) in [5, 5.41) is 15.6. The zero-order chi connectivity index (χ0) is 59.9. The van der Waals surface area contributed by atoms with Crippen LogP contribution in [-0.2, 0) is 21.1 Å². The maximum Gasteiger partial charge on any atom is 0.231 e. The van der Waals surface area contributed by atoms with Gasteiger partial charge in [0.2, 0.25) is 22.6 Å². The topological polar surface area (TPSA) is 24.5 Å². The number of aromatic nitrogens is 4. The normalized spacial score (nSPS) is 10.1. The van der Waals surface area contributed by atoms with Gasteiger partial charge in [-0.2, -0.15) is 4.57 Å². The molecule has 3 heterocycles. The van der Waals surface area contributed by atoms with Crippen molar-refractivity contribution in [3.05, 3.63) is 242 Å². The number of para-hydroxylation sites is 2. The summed E-state index contributed by atoms with van der Waals surface area (Å²) in [6, 6.07) is 73.4. The van der Waals surface area contributed by atoms with Gasteiger partial charge >= 0.3 is 0 Å². The van der Waals surface area contributed by atoms with Crippen molar-refractivity contribution in [2.45, 2.75) is 104 Å². The van der Waals surface area contributed by atoms with E-state index in [0.29, 0.717) is 0 Å². The van der Waals surface area contributed by atoms with Gasteiger partial charge < -0.3 is 0 Å². The van der Waals surface area contributed by atoms with E-state index >= 15 is 0 Å². The molecule has 10 aromatic carbocycles. The molecule has 4 heteroatoms. The molecule has 0 amide bonds. The summed E-state index contributed by atoms with van der Waals surface area (Å²) in [7, 11) is 6.38. The number of fused-ring (bicyclic) bond motifs is 8. The van der Waals surface area contributed by atoms with Crippen LogP contribution in [0.15, 0.2) is 225 Å². The van der Waals surface area contributed by atoms with E-state index < -0.39 is 0 Å². The molecule has 0 aliphatic rings. The van der Waals surface area contributed by atoms with Gasteiger partial charge in [-0.3, -0.25) is 0 Å². The molecule has 0 fully saturated rings. The van der Waals surface area contributed by atoms with E-state index in [1.54, 1.807) is 0 Å². The van der Waals surface area contributed by atoms with Crippen LogP contribution in [0.5, 0.6) is 0 Å². The van der Waals surface area contributed by atoms with Gasteiger partial charge in [0.15, 0.2) is 12.4 Å². The molecular formula is C78H91N4+3. The molecule has 0 saturated heterocycles. The summed E-state index contributed by atoms with van der Waals surface area (Å²) >= 11 is 0. The zero-order valence-corrected chi connectivity index (χ0v) is 52.7. The quantitative estimate of drug-likeness (QED) is 0.128. The molecule has 0 atom stereocenters. The smallest absolute Gasteiger partial charge is 0.231 e. The lowest BCUT2D eigenvalue weighted by Gasteiger charge is -2.15. The zero-order valence-electron chi connectivity index (χ0n) is 52.7. The van der Waals surface area contributed by atoms with E-state index in [0.717, 1.165) is 16.7 Å². The van der Waals surface area contributed by atoms with Crippen molar-refractivity contribution in [2.24, 2.45) is 21.1 Å². The summed E-state index contributed by atoms with van der Waals surface area (Å²) in [4.78, 5) is 4.62. The second-order valence-corrected chi connectivity index (χ2v) is 18.4. The fourth-order valence-corrected chi connectivity index (χ4v) is 10.7. The van der Waals surface area contributed by atoms with Crippen LogP contribution in [0.2, 0.25) is 0 Å². The third-order valence-electron chi connectivity index (χ3n) is 14.3. The standard InChI is InChI=1S/C25H20N.C21H18N.C20H17N2.6C2H6/c1-17-19-10-5-6-12-21(19)22-13-7-8-14-23(22)24(17)25-20-11-4-3-9-18(20)15-16-26(25)2;1-15-11-12-16-7-3-5-9-18(16)20(15)21-19-10-6-4-8-17(19)13-14-22(21)2;1-14-16-8-4-3-7-15(16)11-12-17(14)20-13-21-18-9-5-6-10-19(18)22(20)2;6*1-2/h3-16H,1-2H3;3-14H,1-2H3;3-13H,1-2H3;6*1-2H3/q3*+1;;;;;;. The third-order valence-corrected chi connectivity index (χ3v) is 14.3. The first-order valence-corrected chi connectivity index (χ1v) is 30.1. The van der Waals surface area contributed by atoms with E-state index in [9.17, 15) is 0 Å². The Morgan fingerprint density at radius 1 is 0.305 bits per heavy atom. The maximum atomic E-state index is 4.62. The first-order valence-electron chi connectivity index (χ1n) is 30.1. The summed E-state index contributed by atoms with van der Waals surface area (Å²) in [5.74, 6) is 0. The lowest BCUT2D eigenvalue weighted by atomic mass is 9.89. The molecular weight excluding hydrogens is 993 g/mol. The van der Waals surface area contributed by atoms with Gasteiger partial charge in [0.1, 0.15) is 32.9 Å². The van der Waals surface area contributed by atoms with Gasteiger partial charge in [-0.05, 0) is 116 Å². The molecule has 0 bridgehead atoms. The number of pyridine rings is 2. The number of aryl methyl sites for hydroxylation is 6. The maximum absolute atomic E-state index is 4.62. The minimum absolute atomic E-state index is 1.02. The Morgan fingerprint density at radius 2 is 0.683 bits per heavy atom. The highest BCUT2D eigenvalue weighted by molar-refractivity contribution is 6.17. The number of hydrogen-bond acceptors (Lipinski definition) is 1. The Kier molecular flexibility index (Phi) is 25.1. The predicted octanol–water partition coefficient (Wildman–Crippen LogP) is 21.1. The van der Waals surface area contributed by atoms with Gasteiger partial charge in [0, 0.05) is 18.2 Å². The van der Waals surface area contributed by atoms with Crippen LogP contribution in [0.25, 0.3) is 109 Å². The molecule has 420 valence electrons. The summed E-state index contributed by atoms with van der Waals surface area (Å²) < 4.78 is 6.71. The highest BCUT2D eigenvalue weighted by atomic mass is 15.0. The van der Waals surface area contributed by atoms with Crippen LogP contribution < -0.4 is 13.7 Å². The molecule has 0 aliphatic heterocycles. The number of rotatable bonds is 3. The van der Waals surface area contributed by atoms with Crippen LogP contribution >= 0.6 is 0 Å². The number of benzene rings is 10.